The summed E-state index contributed by atoms with van der Waals surface area (Å²) in [5.41, 5.74) is 1.02. The largest absolute Gasteiger partial charge is 0.379 e. The molecule has 142 valence electrons. The number of nitrogens with one attached hydrogen (secondary N) is 1. The summed E-state index contributed by atoms with van der Waals surface area (Å²) in [5.74, 6) is 0.179. The third kappa shape index (κ3) is 5.22. The molecule has 25 heavy (non-hydrogen) atoms. The summed E-state index contributed by atoms with van der Waals surface area (Å²) in [6.45, 7) is 7.31. The van der Waals surface area contributed by atoms with Crippen molar-refractivity contribution in [3.05, 3.63) is 34.9 Å². The van der Waals surface area contributed by atoms with E-state index in [9.17, 15) is 4.79 Å². The predicted octanol–water partition coefficient (Wildman–Crippen LogP) is 2.38. The van der Waals surface area contributed by atoms with Crippen LogP contribution in [-0.4, -0.2) is 67.7 Å². The molecule has 1 N–H and O–H groups in total. The molecule has 0 bridgehead atoms. The lowest BCUT2D eigenvalue weighted by molar-refractivity contribution is -0.141. The highest BCUT2D eigenvalue weighted by atomic mass is 35.5. The van der Waals surface area contributed by atoms with E-state index in [-0.39, 0.29) is 42.8 Å². The molecule has 0 saturated carbocycles. The number of ether oxygens (including phenoxy) is 1. The molecule has 0 aromatic heterocycles. The molecular weight excluding hydrogens is 385 g/mol. The van der Waals surface area contributed by atoms with Crippen molar-refractivity contribution < 1.29 is 9.53 Å². The molecule has 1 amide bonds. The average molecular weight is 411 g/mol. The van der Waals surface area contributed by atoms with Crippen molar-refractivity contribution in [2.45, 2.75) is 19.0 Å². The van der Waals surface area contributed by atoms with Crippen molar-refractivity contribution in [3.63, 3.8) is 0 Å². The number of hydrogen-bond acceptors (Lipinski definition) is 4. The van der Waals surface area contributed by atoms with Crippen molar-refractivity contribution in [1.29, 1.82) is 0 Å². The van der Waals surface area contributed by atoms with E-state index in [1.54, 1.807) is 0 Å². The van der Waals surface area contributed by atoms with E-state index >= 15 is 0 Å². The van der Waals surface area contributed by atoms with Gasteiger partial charge < -0.3 is 15.0 Å². The second-order valence-corrected chi connectivity index (χ2v) is 6.50. The van der Waals surface area contributed by atoms with Gasteiger partial charge in [0.25, 0.3) is 0 Å². The van der Waals surface area contributed by atoms with Gasteiger partial charge in [-0.3, -0.25) is 9.69 Å². The van der Waals surface area contributed by atoms with Gasteiger partial charge in [0.2, 0.25) is 5.91 Å². The normalized spacial score (nSPS) is 22.5. The van der Waals surface area contributed by atoms with E-state index in [1.165, 1.54) is 0 Å². The van der Waals surface area contributed by atoms with Crippen molar-refractivity contribution in [3.8, 4) is 0 Å². The number of nitrogens with zero attached hydrogens (tertiary/aromatic N) is 2. The molecule has 2 atom stereocenters. The molecule has 5 nitrogen and oxygen atoms in total. The van der Waals surface area contributed by atoms with E-state index in [0.29, 0.717) is 19.8 Å². The fourth-order valence-electron chi connectivity index (χ4n) is 3.35. The summed E-state index contributed by atoms with van der Waals surface area (Å²) in [4.78, 5) is 17.3. The average Bonchev–Trinajstić information content (AvgIpc) is 2.62. The van der Waals surface area contributed by atoms with Crippen LogP contribution < -0.4 is 5.32 Å². The fourth-order valence-corrected chi connectivity index (χ4v) is 3.61. The van der Waals surface area contributed by atoms with Gasteiger partial charge in [0.15, 0.2) is 0 Å². The number of carbonyl (C=O) groups is 1. The standard InChI is InChI=1S/C17H24ClN3O2.2ClH/c1-13(20-8-10-23-11-9-20)17(22)21-7-6-19-12-16(21)14-4-2-3-5-15(14)18;;/h2-5,13,16,19H,6-12H2,1H3;2*1H. The Morgan fingerprint density at radius 2 is 1.92 bits per heavy atom. The lowest BCUT2D eigenvalue weighted by Crippen LogP contribution is -2.56. The maximum Gasteiger partial charge on any atom is 0.240 e. The van der Waals surface area contributed by atoms with Gasteiger partial charge in [-0.2, -0.15) is 0 Å². The van der Waals surface area contributed by atoms with Crippen LogP contribution in [-0.2, 0) is 9.53 Å². The molecule has 0 spiro atoms. The van der Waals surface area contributed by atoms with Crippen molar-refractivity contribution in [2.24, 2.45) is 0 Å². The zero-order valence-corrected chi connectivity index (χ0v) is 16.7. The molecule has 1 aromatic carbocycles. The maximum absolute atomic E-state index is 13.1. The highest BCUT2D eigenvalue weighted by Gasteiger charge is 2.34. The number of halogens is 3. The number of piperazine rings is 1. The fraction of sp³-hybridized carbons (Fsp3) is 0.588. The Morgan fingerprint density at radius 3 is 2.60 bits per heavy atom. The summed E-state index contributed by atoms with van der Waals surface area (Å²) < 4.78 is 5.39. The SMILES string of the molecule is CC(C(=O)N1CCNCC1c1ccccc1Cl)N1CCOCC1.Cl.Cl. The van der Waals surface area contributed by atoms with Gasteiger partial charge in [-0.25, -0.2) is 0 Å². The lowest BCUT2D eigenvalue weighted by Gasteiger charge is -2.41. The Bertz CT molecular complexity index is 556. The summed E-state index contributed by atoms with van der Waals surface area (Å²) in [6.07, 6.45) is 0. The van der Waals surface area contributed by atoms with Crippen LogP contribution in [0.3, 0.4) is 0 Å². The number of rotatable bonds is 3. The molecular formula is C17H26Cl3N3O2. The van der Waals surface area contributed by atoms with Gasteiger partial charge in [-0.15, -0.1) is 24.8 Å². The third-order valence-electron chi connectivity index (χ3n) is 4.74. The highest BCUT2D eigenvalue weighted by molar-refractivity contribution is 6.31. The maximum atomic E-state index is 13.1. The zero-order chi connectivity index (χ0) is 16.2. The van der Waals surface area contributed by atoms with Crippen LogP contribution >= 0.6 is 36.4 Å². The van der Waals surface area contributed by atoms with Crippen molar-refractivity contribution >= 4 is 42.3 Å². The van der Waals surface area contributed by atoms with Gasteiger partial charge >= 0.3 is 0 Å². The van der Waals surface area contributed by atoms with Crippen LogP contribution in [0.1, 0.15) is 18.5 Å². The number of carbonyl (C=O) groups excluding carboxylic acids is 1. The Kier molecular flexibility index (Phi) is 9.49. The molecule has 2 aliphatic heterocycles. The summed E-state index contributed by atoms with van der Waals surface area (Å²) in [5, 5.41) is 4.10. The van der Waals surface area contributed by atoms with E-state index in [2.05, 4.69) is 10.2 Å². The zero-order valence-electron chi connectivity index (χ0n) is 14.3. The van der Waals surface area contributed by atoms with E-state index < -0.39 is 0 Å². The van der Waals surface area contributed by atoms with Crippen molar-refractivity contribution in [1.82, 2.24) is 15.1 Å². The van der Waals surface area contributed by atoms with E-state index in [0.717, 1.165) is 36.8 Å². The van der Waals surface area contributed by atoms with E-state index in [1.807, 2.05) is 36.1 Å². The molecule has 0 radical (unpaired) electrons. The Morgan fingerprint density at radius 1 is 1.24 bits per heavy atom. The second kappa shape index (κ2) is 10.6. The van der Waals surface area contributed by atoms with Gasteiger partial charge in [0.1, 0.15) is 0 Å². The molecule has 8 heteroatoms. The molecule has 2 heterocycles. The number of morpholine rings is 1. The smallest absolute Gasteiger partial charge is 0.240 e. The molecule has 0 aliphatic carbocycles. The molecule has 2 fully saturated rings. The first-order chi connectivity index (χ1) is 11.2. The van der Waals surface area contributed by atoms with Crippen LogP contribution in [0.5, 0.6) is 0 Å². The first kappa shape index (κ1) is 22.5. The number of benzene rings is 1. The van der Waals surface area contributed by atoms with Crippen molar-refractivity contribution in [2.75, 3.05) is 45.9 Å². The molecule has 2 aliphatic rings. The Balaban J connectivity index is 0.00000156. The highest BCUT2D eigenvalue weighted by Crippen LogP contribution is 2.29. The van der Waals surface area contributed by atoms with Crippen LogP contribution in [0.2, 0.25) is 5.02 Å². The van der Waals surface area contributed by atoms with E-state index in [4.69, 9.17) is 16.3 Å². The summed E-state index contributed by atoms with van der Waals surface area (Å²) >= 11 is 6.36. The number of amides is 1. The predicted molar refractivity (Wildman–Crippen MR) is 105 cm³/mol. The van der Waals surface area contributed by atoms with Gasteiger partial charge in [0.05, 0.1) is 25.3 Å². The molecule has 2 unspecified atom stereocenters. The van der Waals surface area contributed by atoms with Gasteiger partial charge in [0, 0.05) is 37.7 Å². The van der Waals surface area contributed by atoms with Crippen LogP contribution in [0.25, 0.3) is 0 Å². The topological polar surface area (TPSA) is 44.8 Å². The Hall–Kier alpha value is -0.560. The Labute approximate surface area is 166 Å². The molecule has 3 rings (SSSR count). The quantitative estimate of drug-likeness (QED) is 0.831. The first-order valence-electron chi connectivity index (χ1n) is 8.26. The summed E-state index contributed by atoms with van der Waals surface area (Å²) in [6, 6.07) is 7.67. The van der Waals surface area contributed by atoms with Crippen LogP contribution in [0, 0.1) is 0 Å². The minimum absolute atomic E-state index is 0. The first-order valence-corrected chi connectivity index (χ1v) is 8.63. The van der Waals surface area contributed by atoms with Gasteiger partial charge in [-0.1, -0.05) is 29.8 Å². The lowest BCUT2D eigenvalue weighted by atomic mass is 10.0. The molecule has 2 saturated heterocycles. The van der Waals surface area contributed by atoms with Gasteiger partial charge in [-0.05, 0) is 18.6 Å². The number of hydrogen-bond donors (Lipinski definition) is 1. The van der Waals surface area contributed by atoms with Crippen LogP contribution in [0.4, 0.5) is 0 Å². The summed E-state index contributed by atoms with van der Waals surface area (Å²) in [7, 11) is 0. The monoisotopic (exact) mass is 409 g/mol. The second-order valence-electron chi connectivity index (χ2n) is 6.10. The minimum Gasteiger partial charge on any atom is -0.379 e. The molecule has 1 aromatic rings. The van der Waals surface area contributed by atoms with Crippen LogP contribution in [0.15, 0.2) is 24.3 Å². The minimum atomic E-state index is -0.123. The third-order valence-corrected chi connectivity index (χ3v) is 5.09.